The average molecular weight is 442 g/mol. The number of rotatable bonds is 5. The maximum absolute atomic E-state index is 13.2. The van der Waals surface area contributed by atoms with E-state index >= 15 is 0 Å². The fraction of sp³-hybridized carbons (Fsp3) is 0.192. The number of piperazine rings is 1. The van der Waals surface area contributed by atoms with Crippen LogP contribution in [0.4, 0.5) is 0 Å². The average Bonchev–Trinajstić information content (AvgIpc) is 2.87. The third kappa shape index (κ3) is 5.01. The van der Waals surface area contributed by atoms with Crippen molar-refractivity contribution in [3.8, 4) is 6.07 Å². The first-order valence-corrected chi connectivity index (χ1v) is 11.5. The van der Waals surface area contributed by atoms with Crippen LogP contribution < -0.4 is 0 Å². The first-order chi connectivity index (χ1) is 15.7. The minimum absolute atomic E-state index is 0.000242. The van der Waals surface area contributed by atoms with Gasteiger partial charge in [0, 0.05) is 42.4 Å². The van der Waals surface area contributed by atoms with Gasteiger partial charge >= 0.3 is 0 Å². The molecule has 0 spiro atoms. The van der Waals surface area contributed by atoms with Gasteiger partial charge in [0.05, 0.1) is 17.2 Å². The van der Waals surface area contributed by atoms with Gasteiger partial charge in [-0.05, 0) is 42.0 Å². The van der Waals surface area contributed by atoms with Crippen LogP contribution in [0.3, 0.4) is 0 Å². The van der Waals surface area contributed by atoms with E-state index in [9.17, 15) is 9.59 Å². The highest BCUT2D eigenvalue weighted by Crippen LogP contribution is 2.27. The summed E-state index contributed by atoms with van der Waals surface area (Å²) in [6.45, 7) is 2.10. The molecular weight excluding hydrogens is 418 g/mol. The van der Waals surface area contributed by atoms with Gasteiger partial charge in [0.1, 0.15) is 0 Å². The number of nitrogens with zero attached hydrogens (tertiary/aromatic N) is 3. The molecule has 5 nitrogen and oxygen atoms in total. The zero-order valence-electron chi connectivity index (χ0n) is 17.6. The minimum atomic E-state index is -0.000242. The standard InChI is InChI=1S/C26H23N3O2S/c27-18-20-10-12-21(13-11-20)19-32-24-9-5-4-8-23(24)26(31)29-16-14-28(15-17-29)25(30)22-6-2-1-3-7-22/h1-13H,14-17,19H2. The monoisotopic (exact) mass is 441 g/mol. The topological polar surface area (TPSA) is 64.4 Å². The summed E-state index contributed by atoms with van der Waals surface area (Å²) >= 11 is 1.61. The smallest absolute Gasteiger partial charge is 0.255 e. The van der Waals surface area contributed by atoms with Crippen LogP contribution in [0.5, 0.6) is 0 Å². The van der Waals surface area contributed by atoms with Gasteiger partial charge in [-0.3, -0.25) is 9.59 Å². The zero-order chi connectivity index (χ0) is 22.3. The normalized spacial score (nSPS) is 13.5. The second-order valence-corrected chi connectivity index (χ2v) is 8.56. The summed E-state index contributed by atoms with van der Waals surface area (Å²) in [5, 5.41) is 8.94. The van der Waals surface area contributed by atoms with Crippen LogP contribution in [0.25, 0.3) is 0 Å². The molecule has 0 bridgehead atoms. The summed E-state index contributed by atoms with van der Waals surface area (Å²) < 4.78 is 0. The van der Waals surface area contributed by atoms with Crippen LogP contribution in [0.1, 0.15) is 31.8 Å². The van der Waals surface area contributed by atoms with Crippen molar-refractivity contribution in [2.24, 2.45) is 0 Å². The molecule has 3 aromatic rings. The van der Waals surface area contributed by atoms with E-state index in [2.05, 4.69) is 6.07 Å². The van der Waals surface area contributed by atoms with Crippen LogP contribution in [0, 0.1) is 11.3 Å². The predicted molar refractivity (Wildman–Crippen MR) is 125 cm³/mol. The van der Waals surface area contributed by atoms with Crippen LogP contribution in [-0.4, -0.2) is 47.8 Å². The molecule has 0 saturated carbocycles. The molecule has 3 aromatic carbocycles. The van der Waals surface area contributed by atoms with Crippen molar-refractivity contribution in [2.45, 2.75) is 10.6 Å². The molecular formula is C26H23N3O2S. The van der Waals surface area contributed by atoms with Crippen LogP contribution in [-0.2, 0) is 5.75 Å². The lowest BCUT2D eigenvalue weighted by atomic mass is 10.1. The molecule has 6 heteroatoms. The Kier molecular flexibility index (Phi) is 6.88. The van der Waals surface area contributed by atoms with Gasteiger partial charge in [0.2, 0.25) is 0 Å². The van der Waals surface area contributed by atoms with Crippen molar-refractivity contribution in [2.75, 3.05) is 26.2 Å². The van der Waals surface area contributed by atoms with Crippen LogP contribution in [0.15, 0.2) is 83.8 Å². The van der Waals surface area contributed by atoms with E-state index in [4.69, 9.17) is 5.26 Å². The molecule has 0 atom stereocenters. The van der Waals surface area contributed by atoms with E-state index in [1.807, 2.05) is 88.7 Å². The van der Waals surface area contributed by atoms with Crippen molar-refractivity contribution in [3.63, 3.8) is 0 Å². The van der Waals surface area contributed by atoms with Gasteiger partial charge in [-0.1, -0.05) is 42.5 Å². The largest absolute Gasteiger partial charge is 0.335 e. The van der Waals surface area contributed by atoms with Gasteiger partial charge in [0.15, 0.2) is 0 Å². The van der Waals surface area contributed by atoms with E-state index in [1.54, 1.807) is 11.8 Å². The van der Waals surface area contributed by atoms with E-state index in [0.717, 1.165) is 16.2 Å². The summed E-state index contributed by atoms with van der Waals surface area (Å²) in [4.78, 5) is 30.5. The summed E-state index contributed by atoms with van der Waals surface area (Å²) in [5.74, 6) is 0.728. The number of carbonyl (C=O) groups excluding carboxylic acids is 2. The Morgan fingerprint density at radius 1 is 0.781 bits per heavy atom. The zero-order valence-corrected chi connectivity index (χ0v) is 18.4. The second-order valence-electron chi connectivity index (χ2n) is 7.54. The minimum Gasteiger partial charge on any atom is -0.335 e. The predicted octanol–water partition coefficient (Wildman–Crippen LogP) is 4.45. The van der Waals surface area contributed by atoms with Crippen molar-refractivity contribution in [1.82, 2.24) is 9.80 Å². The molecule has 1 heterocycles. The first-order valence-electron chi connectivity index (χ1n) is 10.5. The Labute approximate surface area is 192 Å². The third-order valence-corrected chi connectivity index (χ3v) is 6.61. The Bertz CT molecular complexity index is 1130. The van der Waals surface area contributed by atoms with Crippen molar-refractivity contribution < 1.29 is 9.59 Å². The number of hydrogen-bond acceptors (Lipinski definition) is 4. The molecule has 4 rings (SSSR count). The molecule has 0 unspecified atom stereocenters. The summed E-state index contributed by atoms with van der Waals surface area (Å²) in [5.41, 5.74) is 3.11. The molecule has 1 aliphatic rings. The van der Waals surface area contributed by atoms with Gasteiger partial charge in [-0.25, -0.2) is 0 Å². The highest BCUT2D eigenvalue weighted by atomic mass is 32.2. The number of amides is 2. The van der Waals surface area contributed by atoms with Crippen LogP contribution >= 0.6 is 11.8 Å². The molecule has 0 radical (unpaired) electrons. The quantitative estimate of drug-likeness (QED) is 0.549. The SMILES string of the molecule is N#Cc1ccc(CSc2ccccc2C(=O)N2CCN(C(=O)c3ccccc3)CC2)cc1. The van der Waals surface area contributed by atoms with Gasteiger partial charge < -0.3 is 9.80 Å². The maximum atomic E-state index is 13.2. The molecule has 32 heavy (non-hydrogen) atoms. The molecule has 2 amide bonds. The molecule has 160 valence electrons. The molecule has 1 saturated heterocycles. The first kappa shape index (κ1) is 21.7. The lowest BCUT2D eigenvalue weighted by Gasteiger charge is -2.35. The fourth-order valence-electron chi connectivity index (χ4n) is 3.65. The second kappa shape index (κ2) is 10.2. The molecule has 1 aliphatic heterocycles. The number of benzene rings is 3. The van der Waals surface area contributed by atoms with E-state index in [1.165, 1.54) is 0 Å². The summed E-state index contributed by atoms with van der Waals surface area (Å²) in [6.07, 6.45) is 0. The Morgan fingerprint density at radius 3 is 2.03 bits per heavy atom. The Balaban J connectivity index is 1.38. The molecule has 0 aliphatic carbocycles. The van der Waals surface area contributed by atoms with Crippen molar-refractivity contribution in [1.29, 1.82) is 5.26 Å². The summed E-state index contributed by atoms with van der Waals surface area (Å²) in [7, 11) is 0. The van der Waals surface area contributed by atoms with E-state index in [0.29, 0.717) is 42.9 Å². The van der Waals surface area contributed by atoms with Crippen LogP contribution in [0.2, 0.25) is 0 Å². The summed E-state index contributed by atoms with van der Waals surface area (Å²) in [6, 6.07) is 26.5. The molecule has 1 fully saturated rings. The van der Waals surface area contributed by atoms with E-state index < -0.39 is 0 Å². The number of nitriles is 1. The molecule has 0 N–H and O–H groups in total. The number of carbonyl (C=O) groups is 2. The van der Waals surface area contributed by atoms with Gasteiger partial charge in [-0.15, -0.1) is 11.8 Å². The third-order valence-electron chi connectivity index (χ3n) is 5.47. The lowest BCUT2D eigenvalue weighted by Crippen LogP contribution is -2.50. The lowest BCUT2D eigenvalue weighted by molar-refractivity contribution is 0.0533. The number of hydrogen-bond donors (Lipinski definition) is 0. The Hall–Kier alpha value is -3.56. The fourth-order valence-corrected chi connectivity index (χ4v) is 4.65. The van der Waals surface area contributed by atoms with Gasteiger partial charge in [-0.2, -0.15) is 5.26 Å². The highest BCUT2D eigenvalue weighted by molar-refractivity contribution is 7.98. The Morgan fingerprint density at radius 2 is 1.38 bits per heavy atom. The van der Waals surface area contributed by atoms with Crippen molar-refractivity contribution >= 4 is 23.6 Å². The highest BCUT2D eigenvalue weighted by Gasteiger charge is 2.26. The maximum Gasteiger partial charge on any atom is 0.255 e. The van der Waals surface area contributed by atoms with Crippen molar-refractivity contribution in [3.05, 3.63) is 101 Å². The van der Waals surface area contributed by atoms with E-state index in [-0.39, 0.29) is 11.8 Å². The number of thioether (sulfide) groups is 1. The van der Waals surface area contributed by atoms with Gasteiger partial charge in [0.25, 0.3) is 11.8 Å². The molecule has 0 aromatic heterocycles.